The molecule has 0 heterocycles. The summed E-state index contributed by atoms with van der Waals surface area (Å²) < 4.78 is 0. The van der Waals surface area contributed by atoms with Crippen molar-refractivity contribution in [2.24, 2.45) is 0 Å². The molecule has 0 aromatic heterocycles. The largest absolute Gasteiger partial charge is 0.399 e. The van der Waals surface area contributed by atoms with Gasteiger partial charge in [-0.05, 0) is 37.7 Å². The predicted molar refractivity (Wildman–Crippen MR) is 62.5 cm³/mol. The molecule has 0 fully saturated rings. The number of rotatable bonds is 4. The number of nitrogens with two attached hydrogens (primary N) is 1. The molecule has 0 unspecified atom stereocenters. The maximum absolute atomic E-state index is 6.07. The third-order valence-corrected chi connectivity index (χ3v) is 2.47. The molecule has 14 heavy (non-hydrogen) atoms. The second-order valence-electron chi connectivity index (χ2n) is 3.59. The molecule has 0 aliphatic rings. The standard InChI is InChI=1S/C11H17ClN2/c1-3-6-14(2)8-9-4-5-10(13)7-11(9)12/h4-5,7H,3,6,8,13H2,1-2H3. The first-order valence-electron chi connectivity index (χ1n) is 4.86. The summed E-state index contributed by atoms with van der Waals surface area (Å²) >= 11 is 6.07. The molecule has 0 spiro atoms. The lowest BCUT2D eigenvalue weighted by atomic mass is 10.2. The highest BCUT2D eigenvalue weighted by Gasteiger charge is 2.03. The van der Waals surface area contributed by atoms with Gasteiger partial charge in [0.1, 0.15) is 0 Å². The predicted octanol–water partition coefficient (Wildman–Crippen LogP) is 2.76. The van der Waals surface area contributed by atoms with E-state index in [1.807, 2.05) is 12.1 Å². The van der Waals surface area contributed by atoms with Gasteiger partial charge < -0.3 is 10.6 Å². The molecule has 2 nitrogen and oxygen atoms in total. The van der Waals surface area contributed by atoms with Crippen molar-refractivity contribution in [2.75, 3.05) is 19.3 Å². The van der Waals surface area contributed by atoms with E-state index in [4.69, 9.17) is 17.3 Å². The molecule has 1 aromatic rings. The van der Waals surface area contributed by atoms with Crippen LogP contribution in [0.1, 0.15) is 18.9 Å². The molecular weight excluding hydrogens is 196 g/mol. The summed E-state index contributed by atoms with van der Waals surface area (Å²) in [4.78, 5) is 2.25. The molecule has 1 rings (SSSR count). The van der Waals surface area contributed by atoms with Crippen LogP contribution in [0, 0.1) is 0 Å². The third kappa shape index (κ3) is 3.20. The van der Waals surface area contributed by atoms with Crippen molar-refractivity contribution in [3.8, 4) is 0 Å². The summed E-state index contributed by atoms with van der Waals surface area (Å²) in [5.74, 6) is 0. The van der Waals surface area contributed by atoms with Gasteiger partial charge in [-0.2, -0.15) is 0 Å². The van der Waals surface area contributed by atoms with E-state index in [-0.39, 0.29) is 0 Å². The topological polar surface area (TPSA) is 29.3 Å². The molecular formula is C11H17ClN2. The minimum Gasteiger partial charge on any atom is -0.399 e. The highest BCUT2D eigenvalue weighted by molar-refractivity contribution is 6.31. The van der Waals surface area contributed by atoms with E-state index in [0.717, 1.165) is 35.8 Å². The molecule has 0 saturated carbocycles. The molecule has 0 atom stereocenters. The van der Waals surface area contributed by atoms with Crippen molar-refractivity contribution in [3.63, 3.8) is 0 Å². The molecule has 0 saturated heterocycles. The molecule has 0 aliphatic heterocycles. The van der Waals surface area contributed by atoms with E-state index in [2.05, 4.69) is 18.9 Å². The second kappa shape index (κ2) is 5.23. The molecule has 3 heteroatoms. The second-order valence-corrected chi connectivity index (χ2v) is 4.00. The van der Waals surface area contributed by atoms with Crippen LogP contribution in [0.4, 0.5) is 5.69 Å². The van der Waals surface area contributed by atoms with Crippen LogP contribution in [0.2, 0.25) is 5.02 Å². The number of anilines is 1. The van der Waals surface area contributed by atoms with Gasteiger partial charge in [-0.15, -0.1) is 0 Å². The SMILES string of the molecule is CCCN(C)Cc1ccc(N)cc1Cl. The molecule has 1 aromatic carbocycles. The van der Waals surface area contributed by atoms with E-state index in [0.29, 0.717) is 0 Å². The van der Waals surface area contributed by atoms with Crippen LogP contribution in [0.15, 0.2) is 18.2 Å². The van der Waals surface area contributed by atoms with Gasteiger partial charge in [0.2, 0.25) is 0 Å². The summed E-state index contributed by atoms with van der Waals surface area (Å²) in [6.07, 6.45) is 1.16. The Morgan fingerprint density at radius 2 is 2.14 bits per heavy atom. The molecule has 2 N–H and O–H groups in total. The Kier molecular flexibility index (Phi) is 4.23. The van der Waals surface area contributed by atoms with Crippen LogP contribution in [0.25, 0.3) is 0 Å². The number of benzene rings is 1. The van der Waals surface area contributed by atoms with Gasteiger partial charge in [0.15, 0.2) is 0 Å². The Balaban J connectivity index is 2.67. The first-order chi connectivity index (χ1) is 6.63. The van der Waals surface area contributed by atoms with E-state index < -0.39 is 0 Å². The van der Waals surface area contributed by atoms with Crippen molar-refractivity contribution in [1.29, 1.82) is 0 Å². The monoisotopic (exact) mass is 212 g/mol. The van der Waals surface area contributed by atoms with Crippen molar-refractivity contribution in [3.05, 3.63) is 28.8 Å². The highest BCUT2D eigenvalue weighted by Crippen LogP contribution is 2.20. The lowest BCUT2D eigenvalue weighted by Crippen LogP contribution is -2.18. The van der Waals surface area contributed by atoms with Crippen molar-refractivity contribution in [2.45, 2.75) is 19.9 Å². The fraction of sp³-hybridized carbons (Fsp3) is 0.455. The van der Waals surface area contributed by atoms with Gasteiger partial charge in [-0.3, -0.25) is 0 Å². The third-order valence-electron chi connectivity index (χ3n) is 2.12. The average Bonchev–Trinajstić information content (AvgIpc) is 2.10. The Labute approximate surface area is 90.7 Å². The van der Waals surface area contributed by atoms with Gasteiger partial charge in [0.25, 0.3) is 0 Å². The van der Waals surface area contributed by atoms with Gasteiger partial charge in [-0.25, -0.2) is 0 Å². The Morgan fingerprint density at radius 1 is 1.43 bits per heavy atom. The van der Waals surface area contributed by atoms with Crippen LogP contribution >= 0.6 is 11.6 Å². The maximum Gasteiger partial charge on any atom is 0.0471 e. The smallest absolute Gasteiger partial charge is 0.0471 e. The number of hydrogen-bond donors (Lipinski definition) is 1. The summed E-state index contributed by atoms with van der Waals surface area (Å²) in [6, 6.07) is 5.68. The van der Waals surface area contributed by atoms with E-state index in [9.17, 15) is 0 Å². The van der Waals surface area contributed by atoms with Crippen LogP contribution in [0.5, 0.6) is 0 Å². The minimum atomic E-state index is 0.719. The lowest BCUT2D eigenvalue weighted by molar-refractivity contribution is 0.327. The Hall–Kier alpha value is -0.730. The maximum atomic E-state index is 6.07. The summed E-state index contributed by atoms with van der Waals surface area (Å²) in [5, 5.41) is 0.757. The van der Waals surface area contributed by atoms with Crippen LogP contribution in [-0.4, -0.2) is 18.5 Å². The van der Waals surface area contributed by atoms with Gasteiger partial charge >= 0.3 is 0 Å². The first kappa shape index (κ1) is 11.3. The van der Waals surface area contributed by atoms with E-state index in [1.165, 1.54) is 0 Å². The van der Waals surface area contributed by atoms with Gasteiger partial charge in [0, 0.05) is 17.3 Å². The summed E-state index contributed by atoms with van der Waals surface area (Å²) in [5.41, 5.74) is 7.47. The number of nitrogens with zero attached hydrogens (tertiary/aromatic N) is 1. The molecule has 0 amide bonds. The van der Waals surface area contributed by atoms with Gasteiger partial charge in [0.05, 0.1) is 0 Å². The van der Waals surface area contributed by atoms with Crippen molar-refractivity contribution in [1.82, 2.24) is 4.90 Å². The van der Waals surface area contributed by atoms with Crippen LogP contribution in [0.3, 0.4) is 0 Å². The Morgan fingerprint density at radius 3 is 2.71 bits per heavy atom. The van der Waals surface area contributed by atoms with Crippen LogP contribution < -0.4 is 5.73 Å². The quantitative estimate of drug-likeness (QED) is 0.778. The normalized spacial score (nSPS) is 10.9. The zero-order chi connectivity index (χ0) is 10.6. The van der Waals surface area contributed by atoms with Gasteiger partial charge in [-0.1, -0.05) is 24.6 Å². The lowest BCUT2D eigenvalue weighted by Gasteiger charge is -2.16. The molecule has 78 valence electrons. The first-order valence-corrected chi connectivity index (χ1v) is 5.23. The van der Waals surface area contributed by atoms with Crippen molar-refractivity contribution >= 4 is 17.3 Å². The fourth-order valence-electron chi connectivity index (χ4n) is 1.44. The molecule has 0 aliphatic carbocycles. The summed E-state index contributed by atoms with van der Waals surface area (Å²) in [6.45, 7) is 4.13. The number of halogens is 1. The molecule has 0 radical (unpaired) electrons. The van der Waals surface area contributed by atoms with Crippen molar-refractivity contribution < 1.29 is 0 Å². The van der Waals surface area contributed by atoms with E-state index in [1.54, 1.807) is 6.07 Å². The fourth-order valence-corrected chi connectivity index (χ4v) is 1.69. The molecule has 0 bridgehead atoms. The zero-order valence-electron chi connectivity index (χ0n) is 8.76. The highest BCUT2D eigenvalue weighted by atomic mass is 35.5. The average molecular weight is 213 g/mol. The number of nitrogen functional groups attached to an aromatic ring is 1. The van der Waals surface area contributed by atoms with E-state index >= 15 is 0 Å². The van der Waals surface area contributed by atoms with Crippen LogP contribution in [-0.2, 0) is 6.54 Å². The minimum absolute atomic E-state index is 0.719. The Bertz CT molecular complexity index is 299. The number of hydrogen-bond acceptors (Lipinski definition) is 2. The summed E-state index contributed by atoms with van der Waals surface area (Å²) in [7, 11) is 2.09. The zero-order valence-corrected chi connectivity index (χ0v) is 9.51.